The van der Waals surface area contributed by atoms with E-state index < -0.39 is 11.7 Å². The lowest BCUT2D eigenvalue weighted by Gasteiger charge is -2.08. The standard InChI is InChI=1S/C17H14ClFN2O2/c18-12-5-8-14(19)15(9-12)21-17(23)11-3-6-13(7-4-11)20-16(22)10-1-2-10/h3-10H,1-2H2,(H,20,22)(H,21,23). The van der Waals surface area contributed by atoms with Crippen molar-refractivity contribution in [3.8, 4) is 0 Å². The van der Waals surface area contributed by atoms with Crippen LogP contribution in [-0.2, 0) is 4.79 Å². The van der Waals surface area contributed by atoms with Gasteiger partial charge in [0, 0.05) is 22.2 Å². The van der Waals surface area contributed by atoms with Crippen molar-refractivity contribution in [2.24, 2.45) is 5.92 Å². The molecular weight excluding hydrogens is 319 g/mol. The first-order chi connectivity index (χ1) is 11.0. The monoisotopic (exact) mass is 332 g/mol. The van der Waals surface area contributed by atoms with Gasteiger partial charge in [0.1, 0.15) is 5.82 Å². The predicted octanol–water partition coefficient (Wildman–Crippen LogP) is 4.08. The van der Waals surface area contributed by atoms with Gasteiger partial charge in [0.05, 0.1) is 5.69 Å². The quantitative estimate of drug-likeness (QED) is 0.886. The van der Waals surface area contributed by atoms with Gasteiger partial charge in [0.2, 0.25) is 5.91 Å². The van der Waals surface area contributed by atoms with Gasteiger partial charge in [-0.15, -0.1) is 0 Å². The van der Waals surface area contributed by atoms with E-state index in [1.165, 1.54) is 18.2 Å². The SMILES string of the molecule is O=C(Nc1cc(Cl)ccc1F)c1ccc(NC(=O)C2CC2)cc1. The van der Waals surface area contributed by atoms with Crippen molar-refractivity contribution in [2.75, 3.05) is 10.6 Å². The van der Waals surface area contributed by atoms with Crippen LogP contribution in [0.1, 0.15) is 23.2 Å². The van der Waals surface area contributed by atoms with Gasteiger partial charge >= 0.3 is 0 Å². The molecule has 0 bridgehead atoms. The molecule has 3 rings (SSSR count). The highest BCUT2D eigenvalue weighted by Gasteiger charge is 2.29. The van der Waals surface area contributed by atoms with Crippen LogP contribution in [0.5, 0.6) is 0 Å². The fourth-order valence-electron chi connectivity index (χ4n) is 2.08. The molecule has 0 aliphatic heterocycles. The van der Waals surface area contributed by atoms with Crippen molar-refractivity contribution in [1.29, 1.82) is 0 Å². The molecule has 0 unspecified atom stereocenters. The van der Waals surface area contributed by atoms with E-state index in [2.05, 4.69) is 10.6 Å². The summed E-state index contributed by atoms with van der Waals surface area (Å²) in [6.45, 7) is 0. The number of amides is 2. The minimum absolute atomic E-state index is 0.00296. The summed E-state index contributed by atoms with van der Waals surface area (Å²) in [6.07, 6.45) is 1.86. The Kier molecular flexibility index (Phi) is 4.30. The molecule has 1 aliphatic rings. The van der Waals surface area contributed by atoms with Gasteiger partial charge in [-0.3, -0.25) is 9.59 Å². The summed E-state index contributed by atoms with van der Waals surface area (Å²) >= 11 is 5.79. The normalized spacial score (nSPS) is 13.5. The molecule has 2 aromatic carbocycles. The van der Waals surface area contributed by atoms with Gasteiger partial charge in [0.25, 0.3) is 5.91 Å². The van der Waals surface area contributed by atoms with E-state index in [1.807, 2.05) is 0 Å². The number of rotatable bonds is 4. The van der Waals surface area contributed by atoms with Crippen molar-refractivity contribution in [3.63, 3.8) is 0 Å². The molecular formula is C17H14ClFN2O2. The van der Waals surface area contributed by atoms with E-state index in [4.69, 9.17) is 11.6 Å². The van der Waals surface area contributed by atoms with Gasteiger partial charge < -0.3 is 10.6 Å². The Bertz CT molecular complexity index is 758. The van der Waals surface area contributed by atoms with E-state index >= 15 is 0 Å². The van der Waals surface area contributed by atoms with Gasteiger partial charge in [-0.05, 0) is 55.3 Å². The predicted molar refractivity (Wildman–Crippen MR) is 87.2 cm³/mol. The molecule has 0 heterocycles. The first-order valence-corrected chi connectivity index (χ1v) is 7.58. The number of halogens is 2. The maximum Gasteiger partial charge on any atom is 0.255 e. The lowest BCUT2D eigenvalue weighted by Crippen LogP contribution is -2.15. The van der Waals surface area contributed by atoms with E-state index in [-0.39, 0.29) is 17.5 Å². The molecule has 1 fully saturated rings. The highest BCUT2D eigenvalue weighted by atomic mass is 35.5. The van der Waals surface area contributed by atoms with Crippen LogP contribution in [-0.4, -0.2) is 11.8 Å². The molecule has 4 nitrogen and oxygen atoms in total. The highest BCUT2D eigenvalue weighted by molar-refractivity contribution is 6.31. The Balaban J connectivity index is 1.67. The van der Waals surface area contributed by atoms with E-state index in [1.54, 1.807) is 24.3 Å². The van der Waals surface area contributed by atoms with Crippen LogP contribution in [0.4, 0.5) is 15.8 Å². The summed E-state index contributed by atoms with van der Waals surface area (Å²) in [6, 6.07) is 10.4. The van der Waals surface area contributed by atoms with Gasteiger partial charge in [-0.25, -0.2) is 4.39 Å². The molecule has 2 amide bonds. The number of nitrogens with one attached hydrogen (secondary N) is 2. The second-order valence-electron chi connectivity index (χ2n) is 5.42. The van der Waals surface area contributed by atoms with Crippen molar-refractivity contribution in [3.05, 3.63) is 58.9 Å². The van der Waals surface area contributed by atoms with Crippen LogP contribution in [0.15, 0.2) is 42.5 Å². The average Bonchev–Trinajstić information content (AvgIpc) is 3.36. The maximum atomic E-state index is 13.6. The van der Waals surface area contributed by atoms with Crippen molar-refractivity contribution < 1.29 is 14.0 Å². The summed E-state index contributed by atoms with van der Waals surface area (Å²) in [4.78, 5) is 23.8. The molecule has 0 aromatic heterocycles. The molecule has 0 spiro atoms. The molecule has 2 N–H and O–H groups in total. The summed E-state index contributed by atoms with van der Waals surface area (Å²) < 4.78 is 13.6. The molecule has 23 heavy (non-hydrogen) atoms. The Morgan fingerprint density at radius 2 is 1.74 bits per heavy atom. The molecule has 0 saturated heterocycles. The summed E-state index contributed by atoms with van der Waals surface area (Å²) in [7, 11) is 0. The summed E-state index contributed by atoms with van der Waals surface area (Å²) in [5.74, 6) is -0.894. The van der Waals surface area contributed by atoms with E-state index in [0.717, 1.165) is 12.8 Å². The number of hydrogen-bond donors (Lipinski definition) is 2. The van der Waals surface area contributed by atoms with Crippen LogP contribution < -0.4 is 10.6 Å². The average molecular weight is 333 g/mol. The molecule has 2 aromatic rings. The minimum Gasteiger partial charge on any atom is -0.326 e. The van der Waals surface area contributed by atoms with Crippen molar-refractivity contribution >= 4 is 34.8 Å². The molecule has 1 aliphatic carbocycles. The largest absolute Gasteiger partial charge is 0.326 e. The zero-order valence-electron chi connectivity index (χ0n) is 12.1. The first-order valence-electron chi connectivity index (χ1n) is 7.20. The van der Waals surface area contributed by atoms with Gasteiger partial charge in [0.15, 0.2) is 0 Å². The third-order valence-corrected chi connectivity index (χ3v) is 3.77. The van der Waals surface area contributed by atoms with Crippen LogP contribution in [0.2, 0.25) is 5.02 Å². The Labute approximate surface area is 137 Å². The second-order valence-corrected chi connectivity index (χ2v) is 5.86. The molecule has 1 saturated carbocycles. The lowest BCUT2D eigenvalue weighted by atomic mass is 10.2. The molecule has 118 valence electrons. The van der Waals surface area contributed by atoms with Crippen LogP contribution in [0.25, 0.3) is 0 Å². The Hall–Kier alpha value is -2.40. The van der Waals surface area contributed by atoms with E-state index in [0.29, 0.717) is 16.3 Å². The molecule has 0 radical (unpaired) electrons. The zero-order valence-corrected chi connectivity index (χ0v) is 12.9. The smallest absolute Gasteiger partial charge is 0.255 e. The third-order valence-electron chi connectivity index (χ3n) is 3.54. The maximum absolute atomic E-state index is 13.6. The molecule has 0 atom stereocenters. The number of carbonyl (C=O) groups excluding carboxylic acids is 2. The van der Waals surface area contributed by atoms with E-state index in [9.17, 15) is 14.0 Å². The fraction of sp³-hybridized carbons (Fsp3) is 0.176. The topological polar surface area (TPSA) is 58.2 Å². The van der Waals surface area contributed by atoms with Crippen molar-refractivity contribution in [1.82, 2.24) is 0 Å². The van der Waals surface area contributed by atoms with Crippen LogP contribution >= 0.6 is 11.6 Å². The lowest BCUT2D eigenvalue weighted by molar-refractivity contribution is -0.117. The molecule has 6 heteroatoms. The van der Waals surface area contributed by atoms with Crippen molar-refractivity contribution in [2.45, 2.75) is 12.8 Å². The van der Waals surface area contributed by atoms with Crippen LogP contribution in [0.3, 0.4) is 0 Å². The highest BCUT2D eigenvalue weighted by Crippen LogP contribution is 2.30. The number of benzene rings is 2. The second kappa shape index (κ2) is 6.38. The van der Waals surface area contributed by atoms with Gasteiger partial charge in [-0.1, -0.05) is 11.6 Å². The number of carbonyl (C=O) groups is 2. The Morgan fingerprint density at radius 3 is 2.39 bits per heavy atom. The van der Waals surface area contributed by atoms with Crippen LogP contribution in [0, 0.1) is 11.7 Å². The fourth-order valence-corrected chi connectivity index (χ4v) is 2.25. The minimum atomic E-state index is -0.559. The zero-order chi connectivity index (χ0) is 16.4. The first kappa shape index (κ1) is 15.5. The number of hydrogen-bond acceptors (Lipinski definition) is 2. The number of anilines is 2. The third kappa shape index (κ3) is 3.87. The summed E-state index contributed by atoms with van der Waals surface area (Å²) in [5, 5.41) is 5.59. The van der Waals surface area contributed by atoms with Gasteiger partial charge in [-0.2, -0.15) is 0 Å². The Morgan fingerprint density at radius 1 is 1.04 bits per heavy atom. The summed E-state index contributed by atoms with van der Waals surface area (Å²) in [5.41, 5.74) is 1.01.